The molecule has 1 aliphatic rings. The van der Waals surface area contributed by atoms with Crippen LogP contribution < -0.4 is 5.73 Å². The molecule has 1 aliphatic heterocycles. The topological polar surface area (TPSA) is 65.2 Å². The van der Waals surface area contributed by atoms with Gasteiger partial charge in [-0.2, -0.15) is 0 Å². The molecule has 15 heavy (non-hydrogen) atoms. The molecule has 2 rings (SSSR count). The molecule has 0 radical (unpaired) electrons. The molecule has 2 N–H and O–H groups in total. The van der Waals surface area contributed by atoms with Crippen molar-refractivity contribution in [3.8, 4) is 0 Å². The molecule has 2 heterocycles. The number of cyclic esters (lactones) is 1. The van der Waals surface area contributed by atoms with Crippen molar-refractivity contribution in [1.82, 2.24) is 4.98 Å². The number of carbonyl (C=O) groups is 1. The first-order valence-electron chi connectivity index (χ1n) is 5.11. The van der Waals surface area contributed by atoms with E-state index in [9.17, 15) is 4.79 Å². The van der Waals surface area contributed by atoms with Crippen molar-refractivity contribution >= 4 is 11.8 Å². The van der Waals surface area contributed by atoms with E-state index in [1.807, 2.05) is 13.8 Å². The Balaban J connectivity index is 2.50. The Hall–Kier alpha value is -1.58. The summed E-state index contributed by atoms with van der Waals surface area (Å²) in [4.78, 5) is 15.8. The van der Waals surface area contributed by atoms with Crippen LogP contribution in [0, 0.1) is 0 Å². The van der Waals surface area contributed by atoms with Crippen LogP contribution in [0.1, 0.15) is 42.2 Å². The largest absolute Gasteiger partial charge is 0.458 e. The molecule has 0 spiro atoms. The van der Waals surface area contributed by atoms with Gasteiger partial charge in [0.15, 0.2) is 0 Å². The maximum Gasteiger partial charge on any atom is 0.340 e. The molecule has 2 atom stereocenters. The minimum Gasteiger partial charge on any atom is -0.458 e. The number of rotatable bonds is 1. The Morgan fingerprint density at radius 2 is 2.27 bits per heavy atom. The Morgan fingerprint density at radius 1 is 1.53 bits per heavy atom. The lowest BCUT2D eigenvalue weighted by molar-refractivity contribution is 0.0175. The SMILES string of the molecule is CC[C@@H]1OC(=O)c2ccc(N)nc2[C@H]1C. The van der Waals surface area contributed by atoms with Crippen molar-refractivity contribution < 1.29 is 9.53 Å². The second-order valence-corrected chi connectivity index (χ2v) is 3.81. The summed E-state index contributed by atoms with van der Waals surface area (Å²) in [5, 5.41) is 0. The number of fused-ring (bicyclic) bond motifs is 1. The number of hydrogen-bond acceptors (Lipinski definition) is 4. The number of hydrogen-bond donors (Lipinski definition) is 1. The maximum absolute atomic E-state index is 11.6. The average molecular weight is 206 g/mol. The molecule has 0 fully saturated rings. The van der Waals surface area contributed by atoms with Crippen molar-refractivity contribution in [3.05, 3.63) is 23.4 Å². The van der Waals surface area contributed by atoms with Crippen LogP contribution in [-0.4, -0.2) is 17.1 Å². The summed E-state index contributed by atoms with van der Waals surface area (Å²) in [7, 11) is 0. The second-order valence-electron chi connectivity index (χ2n) is 3.81. The fourth-order valence-electron chi connectivity index (χ4n) is 1.93. The van der Waals surface area contributed by atoms with E-state index in [0.717, 1.165) is 12.1 Å². The van der Waals surface area contributed by atoms with Crippen LogP contribution in [0.4, 0.5) is 5.82 Å². The highest BCUT2D eigenvalue weighted by Crippen LogP contribution is 2.31. The van der Waals surface area contributed by atoms with E-state index < -0.39 is 0 Å². The maximum atomic E-state index is 11.6. The fraction of sp³-hybridized carbons (Fsp3) is 0.455. The molecular weight excluding hydrogens is 192 g/mol. The van der Waals surface area contributed by atoms with Crippen molar-refractivity contribution in [2.75, 3.05) is 5.73 Å². The Bertz CT molecular complexity index is 404. The Kier molecular flexibility index (Phi) is 2.34. The smallest absolute Gasteiger partial charge is 0.340 e. The molecule has 80 valence electrons. The van der Waals surface area contributed by atoms with Gasteiger partial charge in [-0.25, -0.2) is 9.78 Å². The highest BCUT2D eigenvalue weighted by atomic mass is 16.5. The van der Waals surface area contributed by atoms with E-state index in [-0.39, 0.29) is 18.0 Å². The summed E-state index contributed by atoms with van der Waals surface area (Å²) in [5.74, 6) is 0.277. The number of nitrogens with two attached hydrogens (primary N) is 1. The minimum absolute atomic E-state index is 0.0840. The lowest BCUT2D eigenvalue weighted by Crippen LogP contribution is -2.31. The summed E-state index contributed by atoms with van der Waals surface area (Å²) < 4.78 is 5.29. The van der Waals surface area contributed by atoms with Gasteiger partial charge in [0.2, 0.25) is 0 Å². The zero-order valence-corrected chi connectivity index (χ0v) is 8.86. The monoisotopic (exact) mass is 206 g/mol. The van der Waals surface area contributed by atoms with Gasteiger partial charge in [-0.15, -0.1) is 0 Å². The van der Waals surface area contributed by atoms with Gasteiger partial charge in [-0.1, -0.05) is 13.8 Å². The van der Waals surface area contributed by atoms with Gasteiger partial charge in [0, 0.05) is 5.92 Å². The van der Waals surface area contributed by atoms with E-state index >= 15 is 0 Å². The Morgan fingerprint density at radius 3 is 2.93 bits per heavy atom. The third-order valence-corrected chi connectivity index (χ3v) is 2.82. The summed E-state index contributed by atoms with van der Waals surface area (Å²) in [6.07, 6.45) is 0.710. The van der Waals surface area contributed by atoms with Crippen molar-refractivity contribution in [1.29, 1.82) is 0 Å². The highest BCUT2D eigenvalue weighted by molar-refractivity contribution is 5.92. The lowest BCUT2D eigenvalue weighted by Gasteiger charge is -2.29. The fourth-order valence-corrected chi connectivity index (χ4v) is 1.93. The number of anilines is 1. The van der Waals surface area contributed by atoms with Gasteiger partial charge in [0.25, 0.3) is 0 Å². The van der Waals surface area contributed by atoms with E-state index in [1.54, 1.807) is 12.1 Å². The van der Waals surface area contributed by atoms with Crippen molar-refractivity contribution in [2.24, 2.45) is 0 Å². The van der Waals surface area contributed by atoms with Gasteiger partial charge in [0.1, 0.15) is 11.9 Å². The molecule has 0 saturated carbocycles. The standard InChI is InChI=1S/C11H14N2O2/c1-3-8-6(2)10-7(11(14)15-8)4-5-9(12)13-10/h4-6,8H,3H2,1-2H3,(H2,12,13)/t6-,8-/m0/s1. The van der Waals surface area contributed by atoms with Gasteiger partial charge in [0.05, 0.1) is 11.3 Å². The number of nitrogen functional groups attached to an aromatic ring is 1. The molecule has 4 heteroatoms. The quantitative estimate of drug-likeness (QED) is 0.710. The van der Waals surface area contributed by atoms with Crippen LogP contribution in [0.15, 0.2) is 12.1 Å². The van der Waals surface area contributed by atoms with Crippen LogP contribution in [0.25, 0.3) is 0 Å². The van der Waals surface area contributed by atoms with Crippen LogP contribution in [-0.2, 0) is 4.74 Å². The molecule has 0 aliphatic carbocycles. The van der Waals surface area contributed by atoms with E-state index in [0.29, 0.717) is 11.4 Å². The number of esters is 1. The van der Waals surface area contributed by atoms with Crippen LogP contribution in [0.2, 0.25) is 0 Å². The van der Waals surface area contributed by atoms with Gasteiger partial charge >= 0.3 is 5.97 Å². The van der Waals surface area contributed by atoms with Gasteiger partial charge < -0.3 is 10.5 Å². The third kappa shape index (κ3) is 1.56. The van der Waals surface area contributed by atoms with Crippen LogP contribution in [0.5, 0.6) is 0 Å². The first kappa shape index (κ1) is 9.96. The Labute approximate surface area is 88.4 Å². The molecule has 0 saturated heterocycles. The van der Waals surface area contributed by atoms with Crippen LogP contribution >= 0.6 is 0 Å². The average Bonchev–Trinajstić information content (AvgIpc) is 2.23. The van der Waals surface area contributed by atoms with E-state index in [1.165, 1.54) is 0 Å². The van der Waals surface area contributed by atoms with Gasteiger partial charge in [-0.3, -0.25) is 0 Å². The molecular formula is C11H14N2O2. The number of ether oxygens (including phenoxy) is 1. The molecule has 0 unspecified atom stereocenters. The summed E-state index contributed by atoms with van der Waals surface area (Å²) >= 11 is 0. The van der Waals surface area contributed by atoms with Gasteiger partial charge in [-0.05, 0) is 18.6 Å². The summed E-state index contributed by atoms with van der Waals surface area (Å²) in [6.45, 7) is 4.00. The normalized spacial score (nSPS) is 24.5. The molecule has 0 aromatic carbocycles. The number of aromatic nitrogens is 1. The summed E-state index contributed by atoms with van der Waals surface area (Å²) in [5.41, 5.74) is 6.92. The predicted octanol–water partition coefficient (Wildman–Crippen LogP) is 1.72. The lowest BCUT2D eigenvalue weighted by atomic mass is 9.92. The predicted molar refractivity (Wildman–Crippen MR) is 56.6 cm³/mol. The first-order chi connectivity index (χ1) is 7.13. The summed E-state index contributed by atoms with van der Waals surface area (Å²) in [6, 6.07) is 3.31. The molecule has 1 aromatic heterocycles. The van der Waals surface area contributed by atoms with E-state index in [2.05, 4.69) is 4.98 Å². The number of nitrogens with zero attached hydrogens (tertiary/aromatic N) is 1. The molecule has 1 aromatic rings. The number of pyridine rings is 1. The second kappa shape index (κ2) is 3.53. The van der Waals surface area contributed by atoms with Crippen molar-refractivity contribution in [2.45, 2.75) is 32.3 Å². The third-order valence-electron chi connectivity index (χ3n) is 2.82. The first-order valence-corrected chi connectivity index (χ1v) is 5.11. The van der Waals surface area contributed by atoms with Crippen molar-refractivity contribution in [3.63, 3.8) is 0 Å². The molecule has 4 nitrogen and oxygen atoms in total. The molecule has 0 amide bonds. The van der Waals surface area contributed by atoms with Crippen LogP contribution in [0.3, 0.4) is 0 Å². The molecule has 0 bridgehead atoms. The zero-order valence-electron chi connectivity index (χ0n) is 8.86. The van der Waals surface area contributed by atoms with E-state index in [4.69, 9.17) is 10.5 Å². The number of carbonyl (C=O) groups excluding carboxylic acids is 1. The minimum atomic E-state index is -0.289. The highest BCUT2D eigenvalue weighted by Gasteiger charge is 2.32. The zero-order chi connectivity index (χ0) is 11.0.